The number of rotatable bonds is 4. The van der Waals surface area contributed by atoms with Crippen molar-refractivity contribution in [2.45, 2.75) is 33.1 Å². The lowest BCUT2D eigenvalue weighted by Gasteiger charge is -2.05. The maximum atomic E-state index is 12.5. The highest BCUT2D eigenvalue weighted by atomic mass is 16.4. The molecule has 0 fully saturated rings. The topological polar surface area (TPSA) is 47.5 Å². The van der Waals surface area contributed by atoms with E-state index in [4.69, 9.17) is 4.42 Å². The van der Waals surface area contributed by atoms with E-state index >= 15 is 0 Å². The number of pyridine rings is 1. The third-order valence-electron chi connectivity index (χ3n) is 4.50. The second-order valence-corrected chi connectivity index (χ2v) is 6.49. The molecule has 4 aromatic rings. The van der Waals surface area contributed by atoms with Crippen molar-refractivity contribution in [1.82, 2.24) is 9.38 Å². The van der Waals surface area contributed by atoms with Gasteiger partial charge in [-0.05, 0) is 49.6 Å². The van der Waals surface area contributed by atoms with Gasteiger partial charge < -0.3 is 8.82 Å². The van der Waals surface area contributed by atoms with Crippen molar-refractivity contribution in [3.8, 4) is 11.1 Å². The Hall–Kier alpha value is -2.88. The summed E-state index contributed by atoms with van der Waals surface area (Å²) in [4.78, 5) is 16.9. The van der Waals surface area contributed by atoms with Gasteiger partial charge in [-0.2, -0.15) is 0 Å². The molecule has 0 amide bonds. The second-order valence-electron chi connectivity index (χ2n) is 6.49. The van der Waals surface area contributed by atoms with Crippen LogP contribution in [0.1, 0.15) is 31.0 Å². The van der Waals surface area contributed by atoms with Gasteiger partial charge >= 0.3 is 5.63 Å². The molecule has 0 unspecified atom stereocenters. The molecule has 4 heteroatoms. The lowest BCUT2D eigenvalue weighted by atomic mass is 10.0. The number of nitrogens with zero attached hydrogens (tertiary/aromatic N) is 2. The zero-order chi connectivity index (χ0) is 17.4. The van der Waals surface area contributed by atoms with Crippen LogP contribution in [0.5, 0.6) is 0 Å². The molecule has 0 aliphatic carbocycles. The minimum atomic E-state index is -0.309. The van der Waals surface area contributed by atoms with Gasteiger partial charge in [0.25, 0.3) is 0 Å². The Morgan fingerprint density at radius 1 is 1.12 bits per heavy atom. The zero-order valence-corrected chi connectivity index (χ0v) is 14.5. The molecule has 3 heterocycles. The molecule has 0 aliphatic rings. The van der Waals surface area contributed by atoms with E-state index in [2.05, 4.69) is 18.0 Å². The van der Waals surface area contributed by atoms with Gasteiger partial charge in [-0.15, -0.1) is 0 Å². The summed E-state index contributed by atoms with van der Waals surface area (Å²) in [5.74, 6) is 0. The first-order valence-corrected chi connectivity index (χ1v) is 8.66. The zero-order valence-electron chi connectivity index (χ0n) is 14.5. The highest BCUT2D eigenvalue weighted by Crippen LogP contribution is 2.23. The maximum Gasteiger partial charge on any atom is 0.344 e. The summed E-state index contributed by atoms with van der Waals surface area (Å²) >= 11 is 0. The number of fused-ring (bicyclic) bond motifs is 2. The fraction of sp³-hybridized carbons (Fsp3) is 0.238. The maximum absolute atomic E-state index is 12.5. The van der Waals surface area contributed by atoms with Gasteiger partial charge in [0.1, 0.15) is 11.2 Å². The summed E-state index contributed by atoms with van der Waals surface area (Å²) in [6.45, 7) is 4.12. The Bertz CT molecular complexity index is 1120. The van der Waals surface area contributed by atoms with E-state index in [-0.39, 0.29) is 5.63 Å². The van der Waals surface area contributed by atoms with Gasteiger partial charge in [-0.3, -0.25) is 0 Å². The van der Waals surface area contributed by atoms with Crippen LogP contribution in [0.4, 0.5) is 0 Å². The van der Waals surface area contributed by atoms with Crippen LogP contribution in [-0.2, 0) is 6.42 Å². The normalized spacial score (nSPS) is 11.4. The second kappa shape index (κ2) is 6.20. The molecule has 0 aliphatic heterocycles. The van der Waals surface area contributed by atoms with E-state index in [0.717, 1.165) is 41.6 Å². The van der Waals surface area contributed by atoms with Gasteiger partial charge in [0.15, 0.2) is 0 Å². The fourth-order valence-corrected chi connectivity index (χ4v) is 3.17. The largest absolute Gasteiger partial charge is 0.422 e. The summed E-state index contributed by atoms with van der Waals surface area (Å²) in [6.07, 6.45) is 7.16. The first-order valence-electron chi connectivity index (χ1n) is 8.66. The third kappa shape index (κ3) is 2.95. The lowest BCUT2D eigenvalue weighted by Crippen LogP contribution is -2.03. The van der Waals surface area contributed by atoms with Crippen molar-refractivity contribution in [3.05, 3.63) is 70.5 Å². The first-order chi connectivity index (χ1) is 12.1. The van der Waals surface area contributed by atoms with Gasteiger partial charge in [-0.25, -0.2) is 9.78 Å². The average Bonchev–Trinajstić information content (AvgIpc) is 2.98. The molecule has 0 bridgehead atoms. The quantitative estimate of drug-likeness (QED) is 0.506. The Morgan fingerprint density at radius 2 is 2.00 bits per heavy atom. The van der Waals surface area contributed by atoms with E-state index in [0.29, 0.717) is 11.1 Å². The highest BCUT2D eigenvalue weighted by molar-refractivity contribution is 5.82. The van der Waals surface area contributed by atoms with Crippen LogP contribution in [0.15, 0.2) is 58.0 Å². The monoisotopic (exact) mass is 332 g/mol. The molecule has 1 aromatic carbocycles. The summed E-state index contributed by atoms with van der Waals surface area (Å²) in [6, 6.07) is 11.9. The van der Waals surface area contributed by atoms with E-state index in [1.54, 1.807) is 0 Å². The molecular weight excluding hydrogens is 312 g/mol. The first kappa shape index (κ1) is 15.6. The van der Waals surface area contributed by atoms with Gasteiger partial charge in [0.2, 0.25) is 0 Å². The average molecular weight is 332 g/mol. The fourth-order valence-electron chi connectivity index (χ4n) is 3.17. The number of imidazole rings is 1. The molecule has 4 rings (SSSR count). The summed E-state index contributed by atoms with van der Waals surface area (Å²) in [7, 11) is 0. The molecule has 0 saturated carbocycles. The van der Waals surface area contributed by atoms with E-state index in [9.17, 15) is 4.79 Å². The Morgan fingerprint density at radius 3 is 2.84 bits per heavy atom. The molecule has 0 atom stereocenters. The van der Waals surface area contributed by atoms with E-state index in [1.165, 1.54) is 5.56 Å². The third-order valence-corrected chi connectivity index (χ3v) is 4.50. The number of aromatic nitrogens is 2. The van der Waals surface area contributed by atoms with Gasteiger partial charge in [0.05, 0.1) is 11.3 Å². The SMILES string of the molecule is CCCCc1ccc2cc(-c3ccc4nc(C)cn4c3)c(=O)oc2c1. The molecule has 25 heavy (non-hydrogen) atoms. The number of unbranched alkanes of at least 4 members (excludes halogenated alkanes) is 1. The van der Waals surface area contributed by atoms with Gasteiger partial charge in [0, 0.05) is 23.3 Å². The highest BCUT2D eigenvalue weighted by Gasteiger charge is 2.10. The summed E-state index contributed by atoms with van der Waals surface area (Å²) < 4.78 is 7.54. The van der Waals surface area contributed by atoms with Crippen LogP contribution in [0.3, 0.4) is 0 Å². The van der Waals surface area contributed by atoms with Crippen molar-refractivity contribution >= 4 is 16.6 Å². The van der Waals surface area contributed by atoms with Crippen LogP contribution in [0, 0.1) is 6.92 Å². The lowest BCUT2D eigenvalue weighted by molar-refractivity contribution is 0.563. The standard InChI is InChI=1S/C21H20N2O2/c1-3-4-5-15-6-7-16-11-18(21(24)25-19(16)10-15)17-8-9-20-22-14(2)12-23(20)13-17/h6-13H,3-5H2,1-2H3. The number of hydrogen-bond acceptors (Lipinski definition) is 3. The summed E-state index contributed by atoms with van der Waals surface area (Å²) in [5, 5.41) is 0.941. The molecule has 0 spiro atoms. The number of aryl methyl sites for hydroxylation is 2. The number of hydrogen-bond donors (Lipinski definition) is 0. The van der Waals surface area contributed by atoms with Crippen LogP contribution in [-0.4, -0.2) is 9.38 Å². The molecule has 0 N–H and O–H groups in total. The minimum absolute atomic E-state index is 0.309. The van der Waals surface area contributed by atoms with Gasteiger partial charge in [-0.1, -0.05) is 25.5 Å². The van der Waals surface area contributed by atoms with Crippen molar-refractivity contribution in [2.75, 3.05) is 0 Å². The predicted octanol–water partition coefficient (Wildman–Crippen LogP) is 4.76. The van der Waals surface area contributed by atoms with Crippen LogP contribution in [0.2, 0.25) is 0 Å². The molecule has 0 saturated heterocycles. The van der Waals surface area contributed by atoms with Crippen molar-refractivity contribution in [3.63, 3.8) is 0 Å². The van der Waals surface area contributed by atoms with Crippen molar-refractivity contribution in [2.24, 2.45) is 0 Å². The Labute approximate surface area is 145 Å². The van der Waals surface area contributed by atoms with E-state index < -0.39 is 0 Å². The molecule has 3 aromatic heterocycles. The molecule has 4 nitrogen and oxygen atoms in total. The van der Waals surface area contributed by atoms with Crippen LogP contribution in [0.25, 0.3) is 27.7 Å². The number of benzene rings is 1. The predicted molar refractivity (Wildman–Crippen MR) is 100 cm³/mol. The Balaban J connectivity index is 1.80. The van der Waals surface area contributed by atoms with Crippen LogP contribution < -0.4 is 5.63 Å². The smallest absolute Gasteiger partial charge is 0.344 e. The van der Waals surface area contributed by atoms with Crippen molar-refractivity contribution in [1.29, 1.82) is 0 Å². The summed E-state index contributed by atoms with van der Waals surface area (Å²) in [5.41, 5.74) is 4.77. The minimum Gasteiger partial charge on any atom is -0.422 e. The van der Waals surface area contributed by atoms with Crippen LogP contribution >= 0.6 is 0 Å². The molecule has 126 valence electrons. The molecular formula is C21H20N2O2. The molecule has 0 radical (unpaired) electrons. The van der Waals surface area contributed by atoms with E-state index in [1.807, 2.05) is 54.0 Å². The van der Waals surface area contributed by atoms with Crippen molar-refractivity contribution < 1.29 is 4.42 Å². The Kier molecular flexibility index (Phi) is 3.88.